The predicted molar refractivity (Wildman–Crippen MR) is 372 cm³/mol. The summed E-state index contributed by atoms with van der Waals surface area (Å²) < 4.78 is 44.4. The molecule has 0 aliphatic carbocycles. The highest BCUT2D eigenvalue weighted by Crippen LogP contribution is 2.44. The molecule has 4 aromatic heterocycles. The number of carboxylic acids is 4. The summed E-state index contributed by atoms with van der Waals surface area (Å²) in [7, 11) is 5.85. The molecule has 0 bridgehead atoms. The number of fused-ring (bicyclic) bond motifs is 4. The molecule has 0 unspecified atom stereocenters. The summed E-state index contributed by atoms with van der Waals surface area (Å²) in [6, 6.07) is 40.5. The topological polar surface area (TPSA) is 425 Å². The number of hydrogen-bond donors (Lipinski definition) is 10. The number of benzene rings is 8. The summed E-state index contributed by atoms with van der Waals surface area (Å²) in [6.45, 7) is 7.61. The van der Waals surface area contributed by atoms with Gasteiger partial charge in [0.1, 0.15) is 0 Å². The number of nitrogens with two attached hydrogens (primary N) is 2. The monoisotopic (exact) mass is 1360 g/mol. The Bertz CT molecular complexity index is 4970. The number of ether oxygens (including phenoxy) is 8. The molecule has 0 aliphatic rings. The molecule has 0 radical (unpaired) electrons. The normalized spacial score (nSPS) is 10.7. The van der Waals surface area contributed by atoms with Gasteiger partial charge in [0.05, 0.1) is 91.8 Å². The van der Waals surface area contributed by atoms with Gasteiger partial charge in [-0.1, -0.05) is 24.3 Å². The number of carbonyl (C=O) groups is 4. The minimum atomic E-state index is -0.968. The van der Waals surface area contributed by atoms with Crippen LogP contribution in [-0.4, -0.2) is 103 Å². The van der Waals surface area contributed by atoms with E-state index in [2.05, 4.69) is 19.9 Å². The molecule has 28 heteroatoms. The quantitative estimate of drug-likeness (QED) is 0.0171. The second-order valence-corrected chi connectivity index (χ2v) is 22.7. The van der Waals surface area contributed by atoms with E-state index in [4.69, 9.17) is 69.8 Å². The van der Waals surface area contributed by atoms with E-state index in [1.807, 2.05) is 64.1 Å². The number of nitro benzene ring substituents is 2. The summed E-state index contributed by atoms with van der Waals surface area (Å²) in [6.07, 6.45) is -0.475. The first-order chi connectivity index (χ1) is 47.7. The van der Waals surface area contributed by atoms with Gasteiger partial charge in [0.2, 0.25) is 11.5 Å². The van der Waals surface area contributed by atoms with Gasteiger partial charge >= 0.3 is 35.3 Å². The second-order valence-electron chi connectivity index (χ2n) is 22.7. The van der Waals surface area contributed by atoms with Crippen LogP contribution in [0.1, 0.15) is 45.0 Å². The molecule has 0 saturated heterocycles. The fourth-order valence-corrected chi connectivity index (χ4v) is 10.7. The van der Waals surface area contributed by atoms with Crippen molar-refractivity contribution in [1.29, 1.82) is 0 Å². The Morgan fingerprint density at radius 2 is 0.700 bits per heavy atom. The molecule has 4 heterocycles. The Morgan fingerprint density at radius 1 is 0.370 bits per heavy atom. The van der Waals surface area contributed by atoms with Gasteiger partial charge in [0, 0.05) is 56.0 Å². The maximum absolute atomic E-state index is 11.6. The van der Waals surface area contributed by atoms with Crippen molar-refractivity contribution in [2.24, 2.45) is 0 Å². The lowest BCUT2D eigenvalue weighted by Gasteiger charge is -2.13. The van der Waals surface area contributed by atoms with Crippen LogP contribution < -0.4 is 49.4 Å². The summed E-state index contributed by atoms with van der Waals surface area (Å²) in [5.74, 6) is 0.431. The third-order valence-electron chi connectivity index (χ3n) is 15.1. The minimum absolute atomic E-state index is 0.0748. The maximum Gasteiger partial charge on any atom is 0.320 e. The van der Waals surface area contributed by atoms with Crippen LogP contribution in [0.3, 0.4) is 0 Å². The molecule has 0 saturated carbocycles. The van der Waals surface area contributed by atoms with E-state index in [0.29, 0.717) is 96.0 Å². The van der Waals surface area contributed by atoms with Crippen molar-refractivity contribution in [3.63, 3.8) is 0 Å². The summed E-state index contributed by atoms with van der Waals surface area (Å²) in [4.78, 5) is 77.9. The highest BCUT2D eigenvalue weighted by atomic mass is 16.6. The fraction of sp³-hybridized carbons (Fsp3) is 0.167. The van der Waals surface area contributed by atoms with Crippen molar-refractivity contribution in [2.75, 3.05) is 39.9 Å². The van der Waals surface area contributed by atoms with E-state index in [1.54, 1.807) is 72.8 Å². The first-order valence-corrected chi connectivity index (χ1v) is 30.3. The molecule has 8 aromatic carbocycles. The van der Waals surface area contributed by atoms with Crippen LogP contribution in [0.25, 0.3) is 43.6 Å². The molecule has 12 aromatic rings. The van der Waals surface area contributed by atoms with Crippen molar-refractivity contribution < 1.29 is 87.3 Å². The first-order valence-electron chi connectivity index (χ1n) is 30.3. The van der Waals surface area contributed by atoms with Gasteiger partial charge in [-0.05, 0) is 165 Å². The van der Waals surface area contributed by atoms with Gasteiger partial charge in [-0.25, -0.2) is 0 Å². The van der Waals surface area contributed by atoms with E-state index in [9.17, 15) is 39.4 Å². The van der Waals surface area contributed by atoms with E-state index in [0.717, 1.165) is 50.0 Å². The third-order valence-corrected chi connectivity index (χ3v) is 15.1. The number of aromatic amines is 4. The number of anilines is 2. The Hall–Kier alpha value is -13.4. The molecule has 12 rings (SSSR count). The summed E-state index contributed by atoms with van der Waals surface area (Å²) >= 11 is 0. The van der Waals surface area contributed by atoms with Gasteiger partial charge in [0.25, 0.3) is 0 Å². The number of methoxy groups -OCH3 is 4. The zero-order chi connectivity index (χ0) is 72.2. The van der Waals surface area contributed by atoms with Crippen LogP contribution >= 0.6 is 0 Å². The molecule has 12 N–H and O–H groups in total. The maximum atomic E-state index is 11.6. The van der Waals surface area contributed by atoms with Crippen LogP contribution in [0.15, 0.2) is 146 Å². The zero-order valence-electron chi connectivity index (χ0n) is 55.1. The van der Waals surface area contributed by atoms with Crippen LogP contribution in [0.5, 0.6) is 69.0 Å². The highest BCUT2D eigenvalue weighted by molar-refractivity contribution is 5.95. The van der Waals surface area contributed by atoms with E-state index in [-0.39, 0.29) is 60.1 Å². The van der Waals surface area contributed by atoms with Crippen LogP contribution in [0.2, 0.25) is 0 Å². The number of aryl methyl sites for hydroxylation is 4. The molecule has 0 amide bonds. The number of nitrogen functional groups attached to an aromatic ring is 2. The average Bonchev–Trinajstić information content (AvgIpc) is 1.58. The molecule has 0 fully saturated rings. The number of nitrogens with zero attached hydrogens (tertiary/aromatic N) is 2. The number of hydrogen-bond acceptors (Lipinski definition) is 18. The first kappa shape index (κ1) is 70.9. The van der Waals surface area contributed by atoms with Crippen molar-refractivity contribution >= 4 is 90.2 Å². The number of H-pyrrole nitrogens is 4. The molecule has 0 aliphatic heterocycles. The number of aromatic nitrogens is 4. The SMILES string of the molecule is COc1cc(CC(=O)O)ccc1Oc1cc2cc(C)[nH]c2cc1N.COc1cc(CC(=O)O)ccc1Oc1cc2cc(C)[nH]c2cc1[N+](=O)[O-].COc1cc(CC(=O)O)ccc1Oc1ccc2[nH]c(C)cc2c1N.COc1cc(CC(=O)O)ccc1Oc1ccc2[nH]c(C)cc2c1[N+](=O)[O-]. The molecule has 28 nitrogen and oxygen atoms in total. The van der Waals surface area contributed by atoms with Crippen LogP contribution in [0, 0.1) is 47.9 Å². The Morgan fingerprint density at radius 3 is 1.10 bits per heavy atom. The predicted octanol–water partition coefficient (Wildman–Crippen LogP) is 14.6. The largest absolute Gasteiger partial charge is 0.493 e. The van der Waals surface area contributed by atoms with E-state index >= 15 is 0 Å². The lowest BCUT2D eigenvalue weighted by Crippen LogP contribution is -2.01. The van der Waals surface area contributed by atoms with Gasteiger partial charge < -0.3 is 89.7 Å². The Labute approximate surface area is 568 Å². The van der Waals surface area contributed by atoms with Crippen molar-refractivity contribution in [3.8, 4) is 69.0 Å². The van der Waals surface area contributed by atoms with Crippen molar-refractivity contribution in [2.45, 2.75) is 53.4 Å². The lowest BCUT2D eigenvalue weighted by molar-refractivity contribution is -0.385. The Balaban J connectivity index is 0.000000156. The van der Waals surface area contributed by atoms with E-state index < -0.39 is 33.7 Å². The van der Waals surface area contributed by atoms with Crippen molar-refractivity contribution in [1.82, 2.24) is 19.9 Å². The average molecular weight is 1370 g/mol. The van der Waals surface area contributed by atoms with Gasteiger partial charge in [0.15, 0.2) is 57.5 Å². The number of nitrogens with one attached hydrogen (secondary N) is 4. The smallest absolute Gasteiger partial charge is 0.320 e. The summed E-state index contributed by atoms with van der Waals surface area (Å²) in [5, 5.41) is 61.6. The molecular formula is C72H68N8O20. The number of nitro groups is 2. The zero-order valence-corrected chi connectivity index (χ0v) is 55.1. The fourth-order valence-electron chi connectivity index (χ4n) is 10.7. The van der Waals surface area contributed by atoms with Gasteiger partial charge in [-0.3, -0.25) is 39.4 Å². The summed E-state index contributed by atoms with van der Waals surface area (Å²) in [5.41, 5.74) is 22.2. The van der Waals surface area contributed by atoms with Gasteiger partial charge in [-0.2, -0.15) is 0 Å². The molecule has 100 heavy (non-hydrogen) atoms. The molecule has 0 spiro atoms. The van der Waals surface area contributed by atoms with Crippen LogP contribution in [0.4, 0.5) is 22.7 Å². The van der Waals surface area contributed by atoms with Crippen LogP contribution in [-0.2, 0) is 44.9 Å². The molecular weight excluding hydrogens is 1300 g/mol. The highest BCUT2D eigenvalue weighted by Gasteiger charge is 2.25. The third kappa shape index (κ3) is 17.4. The number of rotatable bonds is 22. The number of aliphatic carboxylic acids is 4. The minimum Gasteiger partial charge on any atom is -0.493 e. The van der Waals surface area contributed by atoms with E-state index in [1.165, 1.54) is 64.8 Å². The van der Waals surface area contributed by atoms with Crippen molar-refractivity contribution in [3.05, 3.63) is 211 Å². The lowest BCUT2D eigenvalue weighted by atomic mass is 10.1. The molecule has 0 atom stereocenters. The standard InChI is InChI=1S/2C18H16N2O6.2C18H18N2O4/c1-10-7-12-13(19-10)4-6-15(18(12)20(23)24)26-14-5-3-11(9-17(21)22)8-16(14)25-2;1-10-5-12-8-16(14(20(23)24)9-13(12)19-10)26-15-4-3-11(7-18(21)22)6-17(15)25-2;1-10-7-12-13(20-10)4-6-15(18(12)19)24-14-5-3-11(9-17(21)22)8-16(14)23-2;1-10-5-12-8-16(13(19)9-14(12)20-10)24-15-4-3-11(7-18(21)22)6-17(15)23-2/h3-8,19H,9H2,1-2H3,(H,21,22);3-6,8-9,19H,7H2,1-2H3,(H,21,22);3-8,20H,9,19H2,1-2H3,(H,21,22);3-6,8-9,20H,7,19H2,1-2H3,(H,21,22). The Kier molecular flexibility index (Phi) is 22.0. The van der Waals surface area contributed by atoms with Gasteiger partial charge in [-0.15, -0.1) is 0 Å². The second kappa shape index (κ2) is 31.0. The number of carboxylic acid groups (broad SMARTS) is 4. The molecule has 516 valence electrons.